The molecular formula is C19H19BrN2O3. The van der Waals surface area contributed by atoms with Gasteiger partial charge in [0.15, 0.2) is 5.69 Å². The van der Waals surface area contributed by atoms with Gasteiger partial charge in [0.2, 0.25) is 5.88 Å². The van der Waals surface area contributed by atoms with Crippen LogP contribution in [0.5, 0.6) is 11.6 Å². The van der Waals surface area contributed by atoms with E-state index in [1.54, 1.807) is 10.6 Å². The molecule has 0 saturated heterocycles. The molecule has 0 fully saturated rings. The summed E-state index contributed by atoms with van der Waals surface area (Å²) in [7, 11) is 0. The number of unbranched alkanes of at least 4 members (excludes halogenated alkanes) is 1. The molecule has 0 aliphatic rings. The van der Waals surface area contributed by atoms with Crippen molar-refractivity contribution >= 4 is 32.5 Å². The first-order valence-corrected chi connectivity index (χ1v) is 8.99. The van der Waals surface area contributed by atoms with Gasteiger partial charge in [0.05, 0.1) is 18.7 Å². The summed E-state index contributed by atoms with van der Waals surface area (Å²) in [5, 5.41) is 14.0. The molecule has 0 aliphatic heterocycles. The minimum Gasteiger partial charge on any atom is -0.494 e. The van der Waals surface area contributed by atoms with Gasteiger partial charge >= 0.3 is 0 Å². The highest BCUT2D eigenvalue weighted by Gasteiger charge is 2.18. The van der Waals surface area contributed by atoms with Crippen LogP contribution in [-0.4, -0.2) is 16.3 Å². The third-order valence-corrected chi connectivity index (χ3v) is 4.59. The Morgan fingerprint density at radius 1 is 1.20 bits per heavy atom. The molecular weight excluding hydrogens is 384 g/mol. The highest BCUT2D eigenvalue weighted by molar-refractivity contribution is 9.10. The Morgan fingerprint density at radius 3 is 2.64 bits per heavy atom. The maximum Gasteiger partial charge on any atom is 0.222 e. The Kier molecular flexibility index (Phi) is 5.38. The summed E-state index contributed by atoms with van der Waals surface area (Å²) in [5.74, 6) is 0.712. The molecule has 2 aromatic carbocycles. The van der Waals surface area contributed by atoms with E-state index in [1.165, 1.54) is 0 Å². The van der Waals surface area contributed by atoms with E-state index in [0.717, 1.165) is 34.1 Å². The van der Waals surface area contributed by atoms with Crippen LogP contribution in [0.25, 0.3) is 10.9 Å². The molecule has 0 saturated carbocycles. The molecule has 0 radical (unpaired) electrons. The number of nitrogens with zero attached hydrogens (tertiary/aromatic N) is 2. The Morgan fingerprint density at radius 2 is 1.96 bits per heavy atom. The van der Waals surface area contributed by atoms with Crippen molar-refractivity contribution in [2.45, 2.75) is 26.3 Å². The number of ether oxygens (including phenoxy) is 1. The SMILES string of the molecule is CCCCOc1ccc(Cn2c(O)c(N=O)c3cc(Br)ccc32)cc1. The zero-order valence-corrected chi connectivity index (χ0v) is 15.5. The van der Waals surface area contributed by atoms with Crippen molar-refractivity contribution in [2.75, 3.05) is 6.61 Å². The summed E-state index contributed by atoms with van der Waals surface area (Å²) in [4.78, 5) is 11.1. The molecule has 3 aromatic rings. The van der Waals surface area contributed by atoms with Crippen LogP contribution in [0.15, 0.2) is 52.1 Å². The molecule has 0 unspecified atom stereocenters. The quantitative estimate of drug-likeness (QED) is 0.405. The number of benzene rings is 2. The highest BCUT2D eigenvalue weighted by atomic mass is 79.9. The molecule has 0 aliphatic carbocycles. The second kappa shape index (κ2) is 7.70. The summed E-state index contributed by atoms with van der Waals surface area (Å²) in [6, 6.07) is 13.3. The van der Waals surface area contributed by atoms with Crippen LogP contribution in [0.2, 0.25) is 0 Å². The Balaban J connectivity index is 1.88. The van der Waals surface area contributed by atoms with Crippen molar-refractivity contribution in [3.05, 3.63) is 57.4 Å². The molecule has 3 rings (SSSR count). The number of aromatic nitrogens is 1. The number of halogens is 1. The van der Waals surface area contributed by atoms with E-state index in [-0.39, 0.29) is 11.6 Å². The van der Waals surface area contributed by atoms with Gasteiger partial charge in [0, 0.05) is 9.86 Å². The van der Waals surface area contributed by atoms with Crippen LogP contribution in [0.1, 0.15) is 25.3 Å². The van der Waals surface area contributed by atoms with E-state index in [4.69, 9.17) is 4.74 Å². The molecule has 6 heteroatoms. The highest BCUT2D eigenvalue weighted by Crippen LogP contribution is 2.40. The summed E-state index contributed by atoms with van der Waals surface area (Å²) >= 11 is 3.38. The lowest BCUT2D eigenvalue weighted by Gasteiger charge is -2.09. The molecule has 0 bridgehead atoms. The van der Waals surface area contributed by atoms with E-state index in [2.05, 4.69) is 28.0 Å². The molecule has 0 atom stereocenters. The van der Waals surface area contributed by atoms with E-state index >= 15 is 0 Å². The maximum absolute atomic E-state index is 11.1. The van der Waals surface area contributed by atoms with Gasteiger partial charge in [0.1, 0.15) is 5.75 Å². The zero-order chi connectivity index (χ0) is 17.8. The minimum absolute atomic E-state index is 0.0656. The first-order chi connectivity index (χ1) is 12.1. The van der Waals surface area contributed by atoms with E-state index in [0.29, 0.717) is 18.5 Å². The summed E-state index contributed by atoms with van der Waals surface area (Å²) < 4.78 is 8.18. The van der Waals surface area contributed by atoms with E-state index in [9.17, 15) is 10.0 Å². The number of hydrogen-bond acceptors (Lipinski definition) is 4. The molecule has 130 valence electrons. The van der Waals surface area contributed by atoms with Gasteiger partial charge in [-0.1, -0.05) is 41.4 Å². The second-order valence-corrected chi connectivity index (χ2v) is 6.77. The van der Waals surface area contributed by atoms with E-state index in [1.807, 2.05) is 36.4 Å². The maximum atomic E-state index is 11.1. The van der Waals surface area contributed by atoms with Gasteiger partial charge in [-0.3, -0.25) is 0 Å². The lowest BCUT2D eigenvalue weighted by atomic mass is 10.2. The molecule has 0 amide bonds. The van der Waals surface area contributed by atoms with E-state index < -0.39 is 0 Å². The van der Waals surface area contributed by atoms with Gasteiger partial charge in [-0.25, -0.2) is 0 Å². The van der Waals surface area contributed by atoms with Crippen LogP contribution < -0.4 is 4.74 Å². The van der Waals surface area contributed by atoms with Crippen molar-refractivity contribution < 1.29 is 9.84 Å². The minimum atomic E-state index is -0.119. The molecule has 25 heavy (non-hydrogen) atoms. The fourth-order valence-corrected chi connectivity index (χ4v) is 3.11. The number of aromatic hydroxyl groups is 1. The third kappa shape index (κ3) is 3.69. The fraction of sp³-hybridized carbons (Fsp3) is 0.263. The molecule has 0 spiro atoms. The van der Waals surface area contributed by atoms with Crippen LogP contribution in [0.4, 0.5) is 5.69 Å². The Bertz CT molecular complexity index is 888. The predicted molar refractivity (Wildman–Crippen MR) is 103 cm³/mol. The van der Waals surface area contributed by atoms with Crippen molar-refractivity contribution in [3.63, 3.8) is 0 Å². The third-order valence-electron chi connectivity index (χ3n) is 4.09. The summed E-state index contributed by atoms with van der Waals surface area (Å²) in [6.07, 6.45) is 2.13. The first kappa shape index (κ1) is 17.5. The fourth-order valence-electron chi connectivity index (χ4n) is 2.75. The lowest BCUT2D eigenvalue weighted by Crippen LogP contribution is -2.00. The molecule has 1 N–H and O–H groups in total. The standard InChI is InChI=1S/C19H19BrN2O3/c1-2-3-10-25-15-7-4-13(5-8-15)12-22-17-9-6-14(20)11-16(17)18(21-24)19(22)23/h4-9,11,23H,2-3,10,12H2,1H3. The van der Waals surface area contributed by atoms with Crippen LogP contribution in [0.3, 0.4) is 0 Å². The number of hydrogen-bond donors (Lipinski definition) is 1. The normalized spacial score (nSPS) is 11.0. The van der Waals surface area contributed by atoms with Crippen molar-refractivity contribution in [2.24, 2.45) is 5.18 Å². The summed E-state index contributed by atoms with van der Waals surface area (Å²) in [5.41, 5.74) is 1.82. The molecule has 5 nitrogen and oxygen atoms in total. The zero-order valence-electron chi connectivity index (χ0n) is 13.9. The second-order valence-electron chi connectivity index (χ2n) is 5.86. The number of nitroso groups, excluding NO2 is 1. The van der Waals surface area contributed by atoms with Crippen molar-refractivity contribution in [1.29, 1.82) is 0 Å². The van der Waals surface area contributed by atoms with Gasteiger partial charge in [0.25, 0.3) is 0 Å². The van der Waals surface area contributed by atoms with Crippen LogP contribution in [0, 0.1) is 4.91 Å². The largest absolute Gasteiger partial charge is 0.494 e. The molecule has 1 heterocycles. The van der Waals surface area contributed by atoms with Crippen molar-refractivity contribution in [1.82, 2.24) is 4.57 Å². The smallest absolute Gasteiger partial charge is 0.222 e. The van der Waals surface area contributed by atoms with Gasteiger partial charge in [-0.05, 0) is 47.5 Å². The first-order valence-electron chi connectivity index (χ1n) is 8.20. The number of rotatable bonds is 7. The monoisotopic (exact) mass is 402 g/mol. The van der Waals surface area contributed by atoms with Gasteiger partial charge in [-0.2, -0.15) is 0 Å². The predicted octanol–water partition coefficient (Wildman–Crippen LogP) is 5.73. The van der Waals surface area contributed by atoms with Gasteiger partial charge in [-0.15, -0.1) is 4.91 Å². The Labute approximate surface area is 154 Å². The summed E-state index contributed by atoms with van der Waals surface area (Å²) in [6.45, 7) is 3.28. The number of fused-ring (bicyclic) bond motifs is 1. The van der Waals surface area contributed by atoms with Crippen molar-refractivity contribution in [3.8, 4) is 11.6 Å². The van der Waals surface area contributed by atoms with Gasteiger partial charge < -0.3 is 14.4 Å². The Hall–Kier alpha value is -2.34. The molecule has 1 aromatic heterocycles. The average molecular weight is 403 g/mol. The average Bonchev–Trinajstić information content (AvgIpc) is 2.87. The lowest BCUT2D eigenvalue weighted by molar-refractivity contribution is 0.309. The topological polar surface area (TPSA) is 63.8 Å². The van der Waals surface area contributed by atoms with Crippen LogP contribution >= 0.6 is 15.9 Å². The van der Waals surface area contributed by atoms with Crippen LogP contribution in [-0.2, 0) is 6.54 Å².